The molecule has 1 aromatic rings. The van der Waals surface area contributed by atoms with E-state index in [0.717, 1.165) is 43.1 Å². The van der Waals surface area contributed by atoms with Gasteiger partial charge in [-0.3, -0.25) is 0 Å². The highest BCUT2D eigenvalue weighted by Crippen LogP contribution is 2.30. The van der Waals surface area contributed by atoms with Crippen LogP contribution in [0.3, 0.4) is 0 Å². The van der Waals surface area contributed by atoms with Crippen LogP contribution >= 0.6 is 0 Å². The molecule has 4 heteroatoms. The molecule has 0 aliphatic carbocycles. The second kappa shape index (κ2) is 8.77. The summed E-state index contributed by atoms with van der Waals surface area (Å²) in [6.07, 6.45) is 1.95. The second-order valence-electron chi connectivity index (χ2n) is 4.35. The average Bonchev–Trinajstić information content (AvgIpc) is 2.47. The SMILES string of the molecule is CCCOCCC(NC)c1cc(OC)ccc1OC. The van der Waals surface area contributed by atoms with Crippen LogP contribution in [0.4, 0.5) is 0 Å². The van der Waals surface area contributed by atoms with Gasteiger partial charge in [-0.2, -0.15) is 0 Å². The minimum absolute atomic E-state index is 0.196. The average molecular weight is 267 g/mol. The van der Waals surface area contributed by atoms with Crippen molar-refractivity contribution in [3.63, 3.8) is 0 Å². The molecule has 19 heavy (non-hydrogen) atoms. The number of nitrogens with one attached hydrogen (secondary N) is 1. The number of rotatable bonds is 9. The van der Waals surface area contributed by atoms with Crippen LogP contribution in [0.15, 0.2) is 18.2 Å². The summed E-state index contributed by atoms with van der Waals surface area (Å²) >= 11 is 0. The third-order valence-corrected chi connectivity index (χ3v) is 3.06. The Morgan fingerprint density at radius 3 is 2.53 bits per heavy atom. The molecule has 1 unspecified atom stereocenters. The molecule has 1 rings (SSSR count). The zero-order valence-corrected chi connectivity index (χ0v) is 12.4. The molecule has 0 heterocycles. The summed E-state index contributed by atoms with van der Waals surface area (Å²) in [5, 5.41) is 3.31. The minimum Gasteiger partial charge on any atom is -0.497 e. The lowest BCUT2D eigenvalue weighted by Crippen LogP contribution is -2.19. The van der Waals surface area contributed by atoms with E-state index in [2.05, 4.69) is 12.2 Å². The van der Waals surface area contributed by atoms with Gasteiger partial charge in [0.2, 0.25) is 0 Å². The third-order valence-electron chi connectivity index (χ3n) is 3.06. The predicted octanol–water partition coefficient (Wildman–Crippen LogP) is 2.78. The van der Waals surface area contributed by atoms with Crippen molar-refractivity contribution in [1.82, 2.24) is 5.32 Å². The van der Waals surface area contributed by atoms with E-state index in [1.54, 1.807) is 14.2 Å². The molecule has 108 valence electrons. The fourth-order valence-corrected chi connectivity index (χ4v) is 2.01. The zero-order chi connectivity index (χ0) is 14.1. The van der Waals surface area contributed by atoms with Crippen molar-refractivity contribution in [3.05, 3.63) is 23.8 Å². The molecule has 1 atom stereocenters. The first-order chi connectivity index (χ1) is 9.26. The highest BCUT2D eigenvalue weighted by atomic mass is 16.5. The van der Waals surface area contributed by atoms with E-state index in [1.807, 2.05) is 25.2 Å². The standard InChI is InChI=1S/C15H25NO3/c1-5-9-19-10-8-14(16-2)13-11-12(17-3)6-7-15(13)18-4/h6-7,11,14,16H,5,8-10H2,1-4H3. The molecule has 0 fully saturated rings. The first-order valence-corrected chi connectivity index (χ1v) is 6.73. The lowest BCUT2D eigenvalue weighted by molar-refractivity contribution is 0.125. The fraction of sp³-hybridized carbons (Fsp3) is 0.600. The van der Waals surface area contributed by atoms with Gasteiger partial charge in [0.25, 0.3) is 0 Å². The molecule has 0 saturated carbocycles. The van der Waals surface area contributed by atoms with Crippen LogP contribution in [0.5, 0.6) is 11.5 Å². The molecule has 0 bridgehead atoms. The smallest absolute Gasteiger partial charge is 0.123 e. The molecule has 0 spiro atoms. The van der Waals surface area contributed by atoms with Crippen LogP contribution in [0, 0.1) is 0 Å². The number of hydrogen-bond donors (Lipinski definition) is 1. The highest BCUT2D eigenvalue weighted by Gasteiger charge is 2.15. The van der Waals surface area contributed by atoms with Gasteiger partial charge in [0, 0.05) is 24.8 Å². The van der Waals surface area contributed by atoms with Gasteiger partial charge in [-0.1, -0.05) is 6.92 Å². The molecule has 0 amide bonds. The van der Waals surface area contributed by atoms with Gasteiger partial charge in [-0.05, 0) is 38.1 Å². The van der Waals surface area contributed by atoms with E-state index in [0.29, 0.717) is 0 Å². The Bertz CT molecular complexity index is 368. The van der Waals surface area contributed by atoms with Crippen molar-refractivity contribution in [2.75, 3.05) is 34.5 Å². The van der Waals surface area contributed by atoms with Crippen LogP contribution in [-0.4, -0.2) is 34.5 Å². The van der Waals surface area contributed by atoms with Gasteiger partial charge in [0.1, 0.15) is 11.5 Å². The summed E-state index contributed by atoms with van der Waals surface area (Å²) in [5.74, 6) is 1.71. The Balaban J connectivity index is 2.77. The van der Waals surface area contributed by atoms with Crippen molar-refractivity contribution < 1.29 is 14.2 Å². The lowest BCUT2D eigenvalue weighted by Gasteiger charge is -2.20. The van der Waals surface area contributed by atoms with Crippen molar-refractivity contribution in [3.8, 4) is 11.5 Å². The molecular formula is C15H25NO3. The van der Waals surface area contributed by atoms with E-state index >= 15 is 0 Å². The normalized spacial score (nSPS) is 12.2. The van der Waals surface area contributed by atoms with Gasteiger partial charge in [-0.15, -0.1) is 0 Å². The summed E-state index contributed by atoms with van der Waals surface area (Å²) in [6.45, 7) is 3.66. The molecule has 0 saturated heterocycles. The third kappa shape index (κ3) is 4.73. The molecule has 0 aliphatic heterocycles. The summed E-state index contributed by atoms with van der Waals surface area (Å²) in [7, 11) is 5.30. The van der Waals surface area contributed by atoms with Crippen LogP contribution in [0.25, 0.3) is 0 Å². The van der Waals surface area contributed by atoms with Gasteiger partial charge in [-0.25, -0.2) is 0 Å². The minimum atomic E-state index is 0.196. The van der Waals surface area contributed by atoms with Gasteiger partial charge >= 0.3 is 0 Å². The summed E-state index contributed by atoms with van der Waals surface area (Å²) in [5.41, 5.74) is 1.10. The van der Waals surface area contributed by atoms with E-state index in [4.69, 9.17) is 14.2 Å². The van der Waals surface area contributed by atoms with Crippen LogP contribution in [0.2, 0.25) is 0 Å². The maximum absolute atomic E-state index is 5.55. The van der Waals surface area contributed by atoms with Crippen LogP contribution in [-0.2, 0) is 4.74 Å². The molecule has 4 nitrogen and oxygen atoms in total. The number of methoxy groups -OCH3 is 2. The summed E-state index contributed by atoms with van der Waals surface area (Å²) < 4.78 is 16.3. The van der Waals surface area contributed by atoms with Gasteiger partial charge in [0.15, 0.2) is 0 Å². The van der Waals surface area contributed by atoms with Crippen molar-refractivity contribution in [1.29, 1.82) is 0 Å². The number of hydrogen-bond acceptors (Lipinski definition) is 4. The molecule has 1 aromatic carbocycles. The first kappa shape index (κ1) is 15.8. The Labute approximate surface area is 116 Å². The van der Waals surface area contributed by atoms with Crippen molar-refractivity contribution in [2.24, 2.45) is 0 Å². The quantitative estimate of drug-likeness (QED) is 0.698. The molecule has 0 radical (unpaired) electrons. The Morgan fingerprint density at radius 2 is 1.95 bits per heavy atom. The summed E-state index contributed by atoms with van der Waals surface area (Å²) in [6, 6.07) is 6.05. The van der Waals surface area contributed by atoms with Gasteiger partial charge < -0.3 is 19.5 Å². The van der Waals surface area contributed by atoms with Gasteiger partial charge in [0.05, 0.1) is 14.2 Å². The summed E-state index contributed by atoms with van der Waals surface area (Å²) in [4.78, 5) is 0. The largest absolute Gasteiger partial charge is 0.497 e. The highest BCUT2D eigenvalue weighted by molar-refractivity contribution is 5.42. The molecule has 0 aliphatic rings. The first-order valence-electron chi connectivity index (χ1n) is 6.73. The topological polar surface area (TPSA) is 39.7 Å². The predicted molar refractivity (Wildman–Crippen MR) is 77.1 cm³/mol. The zero-order valence-electron chi connectivity index (χ0n) is 12.4. The Hall–Kier alpha value is -1.26. The van der Waals surface area contributed by atoms with E-state index < -0.39 is 0 Å². The maximum Gasteiger partial charge on any atom is 0.123 e. The molecule has 0 aromatic heterocycles. The maximum atomic E-state index is 5.55. The lowest BCUT2D eigenvalue weighted by atomic mass is 10.0. The fourth-order valence-electron chi connectivity index (χ4n) is 2.01. The van der Waals surface area contributed by atoms with E-state index in [9.17, 15) is 0 Å². The molecule has 1 N–H and O–H groups in total. The van der Waals surface area contributed by atoms with Crippen LogP contribution < -0.4 is 14.8 Å². The number of ether oxygens (including phenoxy) is 3. The Morgan fingerprint density at radius 1 is 1.16 bits per heavy atom. The second-order valence-corrected chi connectivity index (χ2v) is 4.35. The monoisotopic (exact) mass is 267 g/mol. The van der Waals surface area contributed by atoms with Crippen molar-refractivity contribution >= 4 is 0 Å². The van der Waals surface area contributed by atoms with Crippen LogP contribution in [0.1, 0.15) is 31.4 Å². The number of benzene rings is 1. The Kier molecular flexibility index (Phi) is 7.30. The molecular weight excluding hydrogens is 242 g/mol. The van der Waals surface area contributed by atoms with E-state index in [-0.39, 0.29) is 6.04 Å². The van der Waals surface area contributed by atoms with E-state index in [1.165, 1.54) is 0 Å². The van der Waals surface area contributed by atoms with Crippen molar-refractivity contribution in [2.45, 2.75) is 25.8 Å².